The fourth-order valence-corrected chi connectivity index (χ4v) is 3.72. The van der Waals surface area contributed by atoms with Crippen LogP contribution in [0.1, 0.15) is 10.4 Å². The summed E-state index contributed by atoms with van der Waals surface area (Å²) in [5, 5.41) is 6.04. The van der Waals surface area contributed by atoms with Crippen molar-refractivity contribution in [2.45, 2.75) is 0 Å². The number of nitrogens with zero attached hydrogens (tertiary/aromatic N) is 1. The van der Waals surface area contributed by atoms with Crippen molar-refractivity contribution in [1.29, 1.82) is 0 Å². The van der Waals surface area contributed by atoms with Crippen LogP contribution in [-0.2, 0) is 0 Å². The number of carbonyl (C=O) groups excluding carboxylic acids is 1. The Kier molecular flexibility index (Phi) is 7.33. The van der Waals surface area contributed by atoms with Crippen molar-refractivity contribution in [3.05, 3.63) is 52.4 Å². The first-order chi connectivity index (χ1) is 15.7. The lowest BCUT2D eigenvalue weighted by Crippen LogP contribution is -2.35. The zero-order valence-electron chi connectivity index (χ0n) is 17.2. The second-order valence-corrected chi connectivity index (χ2v) is 7.45. The molecule has 0 aliphatic carbocycles. The Labute approximate surface area is 194 Å². The zero-order valence-corrected chi connectivity index (χ0v) is 18.9. The molecular weight excluding hydrogens is 486 g/mol. The van der Waals surface area contributed by atoms with Crippen LogP contribution in [0.3, 0.4) is 0 Å². The average Bonchev–Trinajstić information content (AvgIpc) is 3.26. The molecule has 0 aliphatic rings. The summed E-state index contributed by atoms with van der Waals surface area (Å²) in [6, 6.07) is 5.15. The molecule has 3 aromatic rings. The smallest absolute Gasteiger partial charge is 0.263 e. The number of thiazole rings is 1. The summed E-state index contributed by atoms with van der Waals surface area (Å²) in [4.78, 5) is 16.5. The summed E-state index contributed by atoms with van der Waals surface area (Å²) in [6.07, 6.45) is 0. The van der Waals surface area contributed by atoms with E-state index in [4.69, 9.17) is 21.7 Å². The molecule has 7 nitrogen and oxygen atoms in total. The number of anilines is 1. The molecule has 2 N–H and O–H groups in total. The van der Waals surface area contributed by atoms with Crippen molar-refractivity contribution < 1.29 is 36.6 Å². The van der Waals surface area contributed by atoms with Crippen LogP contribution in [0.4, 0.5) is 22.7 Å². The monoisotopic (exact) mass is 501 g/mol. The number of benzene rings is 2. The highest BCUT2D eigenvalue weighted by Gasteiger charge is 2.30. The summed E-state index contributed by atoms with van der Waals surface area (Å²) < 4.78 is 70.6. The molecule has 2 aromatic carbocycles. The van der Waals surface area contributed by atoms with E-state index in [1.165, 1.54) is 14.2 Å². The van der Waals surface area contributed by atoms with E-state index in [0.717, 1.165) is 18.4 Å². The highest BCUT2D eigenvalue weighted by atomic mass is 32.1. The lowest BCUT2D eigenvalue weighted by atomic mass is 10.1. The van der Waals surface area contributed by atoms with Gasteiger partial charge in [-0.3, -0.25) is 10.1 Å². The van der Waals surface area contributed by atoms with Crippen LogP contribution in [0.15, 0.2) is 23.6 Å². The van der Waals surface area contributed by atoms with Gasteiger partial charge in [0.1, 0.15) is 5.56 Å². The second kappa shape index (κ2) is 10.0. The van der Waals surface area contributed by atoms with Crippen molar-refractivity contribution in [2.24, 2.45) is 0 Å². The number of hydrogen-bond acceptors (Lipinski definition) is 7. The molecule has 3 rings (SSSR count). The number of nitrogens with one attached hydrogen (secondary N) is 2. The second-order valence-electron chi connectivity index (χ2n) is 6.18. The molecule has 0 spiro atoms. The number of hydrogen-bond donors (Lipinski definition) is 2. The van der Waals surface area contributed by atoms with Crippen LogP contribution in [0, 0.1) is 23.3 Å². The summed E-state index contributed by atoms with van der Waals surface area (Å²) in [6.45, 7) is 0. The highest BCUT2D eigenvalue weighted by molar-refractivity contribution is 7.80. The maximum absolute atomic E-state index is 14.1. The Balaban J connectivity index is 1.75. The standard InChI is InChI=1S/C20H15F4N3O4S2/c1-29-10-5-4-8(6-11(10)30-2)9-7-33-20(25-9)27-19(32)26-18(28)12-13(21)15(23)17(31-3)16(24)14(12)22/h4-7H,1-3H3,(H2,25,26,27,28,32). The third-order valence-electron chi connectivity index (χ3n) is 4.29. The average molecular weight is 501 g/mol. The van der Waals surface area contributed by atoms with Crippen LogP contribution < -0.4 is 24.8 Å². The molecule has 174 valence electrons. The van der Waals surface area contributed by atoms with Crippen LogP contribution in [0.5, 0.6) is 17.2 Å². The van der Waals surface area contributed by atoms with Gasteiger partial charge < -0.3 is 19.5 Å². The fourth-order valence-electron chi connectivity index (χ4n) is 2.74. The number of rotatable bonds is 6. The van der Waals surface area contributed by atoms with Crippen molar-refractivity contribution in [1.82, 2.24) is 10.3 Å². The van der Waals surface area contributed by atoms with Gasteiger partial charge in [0.25, 0.3) is 5.91 Å². The highest BCUT2D eigenvalue weighted by Crippen LogP contribution is 2.33. The maximum Gasteiger partial charge on any atom is 0.263 e. The number of thiocarbonyl (C=S) groups is 1. The van der Waals surface area contributed by atoms with Crippen molar-refractivity contribution >= 4 is 39.7 Å². The van der Waals surface area contributed by atoms with E-state index >= 15 is 0 Å². The molecule has 1 amide bonds. The SMILES string of the molecule is COc1ccc(-c2csc(NC(=S)NC(=O)c3c(F)c(F)c(OC)c(F)c3F)n2)cc1OC. The van der Waals surface area contributed by atoms with Crippen LogP contribution in [-0.4, -0.2) is 37.3 Å². The molecule has 0 bridgehead atoms. The molecule has 0 unspecified atom stereocenters. The summed E-state index contributed by atoms with van der Waals surface area (Å²) in [7, 11) is 3.82. The third-order valence-corrected chi connectivity index (χ3v) is 5.25. The van der Waals surface area contributed by atoms with Gasteiger partial charge in [-0.05, 0) is 30.4 Å². The van der Waals surface area contributed by atoms with E-state index in [-0.39, 0.29) is 5.13 Å². The van der Waals surface area contributed by atoms with Gasteiger partial charge in [0.15, 0.2) is 39.1 Å². The van der Waals surface area contributed by atoms with Gasteiger partial charge in [-0.15, -0.1) is 11.3 Å². The molecule has 1 aromatic heterocycles. The minimum atomic E-state index is -1.92. The predicted molar refractivity (Wildman–Crippen MR) is 117 cm³/mol. The Hall–Kier alpha value is -3.45. The van der Waals surface area contributed by atoms with Crippen molar-refractivity contribution in [3.8, 4) is 28.5 Å². The Morgan fingerprint density at radius 3 is 2.18 bits per heavy atom. The first kappa shape index (κ1) is 24.2. The maximum atomic E-state index is 14.1. The molecule has 0 fully saturated rings. The van der Waals surface area contributed by atoms with Gasteiger partial charge in [0.05, 0.1) is 27.0 Å². The van der Waals surface area contributed by atoms with Gasteiger partial charge in [-0.25, -0.2) is 13.8 Å². The van der Waals surface area contributed by atoms with Crippen LogP contribution >= 0.6 is 23.6 Å². The fraction of sp³-hybridized carbons (Fsp3) is 0.150. The molecular formula is C20H15F4N3O4S2. The van der Waals surface area contributed by atoms with E-state index in [1.54, 1.807) is 23.6 Å². The zero-order chi connectivity index (χ0) is 24.3. The lowest BCUT2D eigenvalue weighted by Gasteiger charge is -2.12. The van der Waals surface area contributed by atoms with E-state index < -0.39 is 45.6 Å². The van der Waals surface area contributed by atoms with E-state index in [1.807, 2.05) is 5.32 Å². The Morgan fingerprint density at radius 2 is 1.61 bits per heavy atom. The Bertz CT molecular complexity index is 1210. The first-order valence-corrected chi connectivity index (χ1v) is 10.2. The van der Waals surface area contributed by atoms with Gasteiger partial charge in [0.2, 0.25) is 11.6 Å². The van der Waals surface area contributed by atoms with Crippen molar-refractivity contribution in [2.75, 3.05) is 26.6 Å². The number of amides is 1. The van der Waals surface area contributed by atoms with E-state index in [0.29, 0.717) is 22.8 Å². The Morgan fingerprint density at radius 1 is 0.970 bits per heavy atom. The number of carbonyl (C=O) groups is 1. The van der Waals surface area contributed by atoms with E-state index in [9.17, 15) is 22.4 Å². The molecule has 0 saturated heterocycles. The van der Waals surface area contributed by atoms with Crippen LogP contribution in [0.2, 0.25) is 0 Å². The predicted octanol–water partition coefficient (Wildman–Crippen LogP) is 4.52. The number of halogens is 4. The molecule has 0 atom stereocenters. The number of methoxy groups -OCH3 is 3. The number of ether oxygens (including phenoxy) is 3. The van der Waals surface area contributed by atoms with Gasteiger partial charge in [-0.1, -0.05) is 0 Å². The topological polar surface area (TPSA) is 81.7 Å². The summed E-state index contributed by atoms with van der Waals surface area (Å²) in [5.41, 5.74) is -0.255. The molecule has 13 heteroatoms. The first-order valence-electron chi connectivity index (χ1n) is 8.92. The summed E-state index contributed by atoms with van der Waals surface area (Å²) in [5.74, 6) is -9.30. The quantitative estimate of drug-likeness (QED) is 0.292. The molecule has 0 saturated carbocycles. The minimum Gasteiger partial charge on any atom is -0.493 e. The van der Waals surface area contributed by atoms with Crippen LogP contribution in [0.25, 0.3) is 11.3 Å². The molecule has 1 heterocycles. The lowest BCUT2D eigenvalue weighted by molar-refractivity contribution is 0.0966. The molecule has 33 heavy (non-hydrogen) atoms. The van der Waals surface area contributed by atoms with E-state index in [2.05, 4.69) is 15.0 Å². The normalized spacial score (nSPS) is 10.5. The largest absolute Gasteiger partial charge is 0.493 e. The van der Waals surface area contributed by atoms with Gasteiger partial charge in [-0.2, -0.15) is 8.78 Å². The van der Waals surface area contributed by atoms with Crippen molar-refractivity contribution in [3.63, 3.8) is 0 Å². The van der Waals surface area contributed by atoms with Gasteiger partial charge in [0, 0.05) is 10.9 Å². The minimum absolute atomic E-state index is 0.234. The third kappa shape index (κ3) is 4.83. The summed E-state index contributed by atoms with van der Waals surface area (Å²) >= 11 is 6.06. The molecule has 0 radical (unpaired) electrons. The van der Waals surface area contributed by atoms with Gasteiger partial charge >= 0.3 is 0 Å². The molecule has 0 aliphatic heterocycles. The number of aromatic nitrogens is 1.